The number of esters is 1. The number of hydrogen-bond acceptors (Lipinski definition) is 4. The van der Waals surface area contributed by atoms with Crippen molar-refractivity contribution in [3.63, 3.8) is 0 Å². The number of nitrogens with one attached hydrogen (secondary N) is 2. The molecule has 0 fully saturated rings. The number of H-pyrrole nitrogens is 1. The fourth-order valence-electron chi connectivity index (χ4n) is 2.19. The largest absolute Gasteiger partial charge is 0.467 e. The highest BCUT2D eigenvalue weighted by molar-refractivity contribution is 5.96. The Morgan fingerprint density at radius 2 is 2.09 bits per heavy atom. The van der Waals surface area contributed by atoms with E-state index in [0.717, 1.165) is 10.9 Å². The van der Waals surface area contributed by atoms with E-state index in [1.165, 1.54) is 13.2 Å². The van der Waals surface area contributed by atoms with Crippen LogP contribution >= 0.6 is 0 Å². The zero-order valence-corrected chi connectivity index (χ0v) is 12.5. The Hall–Kier alpha value is -3.02. The summed E-state index contributed by atoms with van der Waals surface area (Å²) in [5.74, 6) is -0.319. The standard InChI is InChI=1S/C17H16N2O4/c1-11(16(20)18-10-13-6-4-8-22-13)23-17(21)15-9-12-5-2-3-7-14(12)19-15/h2-9,11,19H,10H2,1H3,(H,18,20)/t11-/m0/s1. The van der Waals surface area contributed by atoms with E-state index in [4.69, 9.17) is 9.15 Å². The monoisotopic (exact) mass is 312 g/mol. The Morgan fingerprint density at radius 3 is 2.83 bits per heavy atom. The molecule has 0 aliphatic heterocycles. The molecule has 6 nitrogen and oxygen atoms in total. The summed E-state index contributed by atoms with van der Waals surface area (Å²) in [4.78, 5) is 27.0. The van der Waals surface area contributed by atoms with Gasteiger partial charge in [-0.1, -0.05) is 18.2 Å². The minimum Gasteiger partial charge on any atom is -0.467 e. The molecule has 0 aliphatic carbocycles. The van der Waals surface area contributed by atoms with Gasteiger partial charge in [-0.25, -0.2) is 4.79 Å². The maximum Gasteiger partial charge on any atom is 0.355 e. The SMILES string of the molecule is C[C@H](OC(=O)c1cc2ccccc2[nH]1)C(=O)NCc1ccco1. The van der Waals surface area contributed by atoms with E-state index in [1.54, 1.807) is 18.2 Å². The lowest BCUT2D eigenvalue weighted by atomic mass is 10.2. The highest BCUT2D eigenvalue weighted by atomic mass is 16.5. The number of carbonyl (C=O) groups is 2. The molecule has 2 aromatic heterocycles. The van der Waals surface area contributed by atoms with Crippen LogP contribution in [0.4, 0.5) is 0 Å². The molecule has 0 spiro atoms. The Bertz CT molecular complexity index is 787. The number of amides is 1. The summed E-state index contributed by atoms with van der Waals surface area (Å²) >= 11 is 0. The zero-order chi connectivity index (χ0) is 16.2. The number of carbonyl (C=O) groups excluding carboxylic acids is 2. The highest BCUT2D eigenvalue weighted by Crippen LogP contribution is 2.15. The molecule has 0 radical (unpaired) electrons. The van der Waals surface area contributed by atoms with E-state index in [1.807, 2.05) is 24.3 Å². The first-order valence-corrected chi connectivity index (χ1v) is 7.22. The molecule has 0 saturated carbocycles. The van der Waals surface area contributed by atoms with Gasteiger partial charge in [0.15, 0.2) is 6.10 Å². The Balaban J connectivity index is 1.58. The molecule has 0 saturated heterocycles. The van der Waals surface area contributed by atoms with E-state index in [0.29, 0.717) is 11.5 Å². The zero-order valence-electron chi connectivity index (χ0n) is 12.5. The summed E-state index contributed by atoms with van der Waals surface area (Å²) in [6.07, 6.45) is 0.629. The number of aromatic amines is 1. The minimum absolute atomic E-state index is 0.250. The normalized spacial score (nSPS) is 12.0. The van der Waals surface area contributed by atoms with E-state index in [-0.39, 0.29) is 12.5 Å². The van der Waals surface area contributed by atoms with Crippen LogP contribution in [0.2, 0.25) is 0 Å². The van der Waals surface area contributed by atoms with Gasteiger partial charge >= 0.3 is 5.97 Å². The lowest BCUT2D eigenvalue weighted by Crippen LogP contribution is -2.35. The van der Waals surface area contributed by atoms with Crippen molar-refractivity contribution in [2.45, 2.75) is 19.6 Å². The first kappa shape index (κ1) is 14.9. The van der Waals surface area contributed by atoms with Crippen molar-refractivity contribution in [1.29, 1.82) is 0 Å². The first-order valence-electron chi connectivity index (χ1n) is 7.22. The van der Waals surface area contributed by atoms with Crippen LogP contribution in [0.1, 0.15) is 23.2 Å². The molecular formula is C17H16N2O4. The summed E-state index contributed by atoms with van der Waals surface area (Å²) in [7, 11) is 0. The fourth-order valence-corrected chi connectivity index (χ4v) is 2.19. The number of furan rings is 1. The average molecular weight is 312 g/mol. The molecule has 0 aliphatic rings. The van der Waals surface area contributed by atoms with Crippen molar-refractivity contribution < 1.29 is 18.7 Å². The second-order valence-corrected chi connectivity index (χ2v) is 5.11. The third kappa shape index (κ3) is 3.42. The summed E-state index contributed by atoms with van der Waals surface area (Å²) in [6.45, 7) is 1.78. The van der Waals surface area contributed by atoms with Crippen LogP contribution < -0.4 is 5.32 Å². The summed E-state index contributed by atoms with van der Waals surface area (Å²) in [5, 5.41) is 3.56. The fraction of sp³-hybridized carbons (Fsp3) is 0.176. The van der Waals surface area contributed by atoms with Gasteiger partial charge in [-0.3, -0.25) is 4.79 Å². The van der Waals surface area contributed by atoms with Crippen molar-refractivity contribution in [1.82, 2.24) is 10.3 Å². The molecule has 3 aromatic rings. The third-order valence-corrected chi connectivity index (χ3v) is 3.42. The lowest BCUT2D eigenvalue weighted by molar-refractivity contribution is -0.129. The van der Waals surface area contributed by atoms with Crippen LogP contribution in [0.15, 0.2) is 53.1 Å². The van der Waals surface area contributed by atoms with Gasteiger partial charge < -0.3 is 19.5 Å². The molecule has 1 aromatic carbocycles. The molecule has 2 N–H and O–H groups in total. The number of ether oxygens (including phenoxy) is 1. The Labute approximate surface area is 132 Å². The van der Waals surface area contributed by atoms with Gasteiger partial charge in [0.1, 0.15) is 11.5 Å². The molecule has 0 unspecified atom stereocenters. The second kappa shape index (κ2) is 6.39. The van der Waals surface area contributed by atoms with Gasteiger partial charge in [-0.15, -0.1) is 0 Å². The Morgan fingerprint density at radius 1 is 1.26 bits per heavy atom. The number of hydrogen-bond donors (Lipinski definition) is 2. The lowest BCUT2D eigenvalue weighted by Gasteiger charge is -2.12. The van der Waals surface area contributed by atoms with Gasteiger partial charge in [0.05, 0.1) is 12.8 Å². The number of para-hydroxylation sites is 1. The van der Waals surface area contributed by atoms with Crippen molar-refractivity contribution in [2.75, 3.05) is 0 Å². The number of fused-ring (bicyclic) bond motifs is 1. The molecule has 23 heavy (non-hydrogen) atoms. The summed E-state index contributed by atoms with van der Waals surface area (Å²) in [6, 6.07) is 12.7. The molecule has 1 amide bonds. The van der Waals surface area contributed by atoms with E-state index < -0.39 is 12.1 Å². The van der Waals surface area contributed by atoms with Crippen molar-refractivity contribution >= 4 is 22.8 Å². The van der Waals surface area contributed by atoms with Gasteiger partial charge in [0, 0.05) is 10.9 Å². The van der Waals surface area contributed by atoms with Crippen LogP contribution in [0, 0.1) is 0 Å². The molecule has 3 rings (SSSR count). The minimum atomic E-state index is -0.899. The van der Waals surface area contributed by atoms with Crippen LogP contribution in [0.5, 0.6) is 0 Å². The highest BCUT2D eigenvalue weighted by Gasteiger charge is 2.20. The maximum absolute atomic E-state index is 12.1. The van der Waals surface area contributed by atoms with Gasteiger partial charge in [0.2, 0.25) is 0 Å². The molecule has 6 heteroatoms. The molecular weight excluding hydrogens is 296 g/mol. The summed E-state index contributed by atoms with van der Waals surface area (Å²) < 4.78 is 10.3. The maximum atomic E-state index is 12.1. The predicted octanol–water partition coefficient (Wildman–Crippen LogP) is 2.62. The van der Waals surface area contributed by atoms with Gasteiger partial charge in [-0.05, 0) is 31.2 Å². The van der Waals surface area contributed by atoms with Gasteiger partial charge in [0.25, 0.3) is 5.91 Å². The molecule has 0 bridgehead atoms. The van der Waals surface area contributed by atoms with Crippen molar-refractivity contribution in [3.05, 3.63) is 60.2 Å². The Kier molecular flexibility index (Phi) is 4.14. The van der Waals surface area contributed by atoms with E-state index >= 15 is 0 Å². The quantitative estimate of drug-likeness (QED) is 0.709. The van der Waals surface area contributed by atoms with Crippen LogP contribution in [0.25, 0.3) is 10.9 Å². The first-order chi connectivity index (χ1) is 11.1. The number of aromatic nitrogens is 1. The topological polar surface area (TPSA) is 84.3 Å². The molecule has 2 heterocycles. The van der Waals surface area contributed by atoms with Gasteiger partial charge in [-0.2, -0.15) is 0 Å². The van der Waals surface area contributed by atoms with Crippen LogP contribution in [-0.4, -0.2) is 23.0 Å². The van der Waals surface area contributed by atoms with Crippen LogP contribution in [-0.2, 0) is 16.1 Å². The smallest absolute Gasteiger partial charge is 0.355 e. The number of rotatable bonds is 5. The van der Waals surface area contributed by atoms with Crippen LogP contribution in [0.3, 0.4) is 0 Å². The van der Waals surface area contributed by atoms with Crippen molar-refractivity contribution in [2.24, 2.45) is 0 Å². The second-order valence-electron chi connectivity index (χ2n) is 5.11. The number of benzene rings is 1. The van der Waals surface area contributed by atoms with E-state index in [9.17, 15) is 9.59 Å². The van der Waals surface area contributed by atoms with Crippen molar-refractivity contribution in [3.8, 4) is 0 Å². The average Bonchev–Trinajstić information content (AvgIpc) is 3.21. The third-order valence-electron chi connectivity index (χ3n) is 3.42. The summed E-state index contributed by atoms with van der Waals surface area (Å²) in [5.41, 5.74) is 1.16. The molecule has 1 atom stereocenters. The predicted molar refractivity (Wildman–Crippen MR) is 83.7 cm³/mol. The molecule has 118 valence electrons. The van der Waals surface area contributed by atoms with E-state index in [2.05, 4.69) is 10.3 Å².